The molecule has 1 saturated carbocycles. The highest BCUT2D eigenvalue weighted by atomic mass is 16.5. The predicted octanol–water partition coefficient (Wildman–Crippen LogP) is 3.30. The molecular formula is C16H19N3O3. The first-order valence-electron chi connectivity index (χ1n) is 7.99. The van der Waals surface area contributed by atoms with Gasteiger partial charge in [-0.3, -0.25) is 4.79 Å². The van der Waals surface area contributed by atoms with E-state index in [2.05, 4.69) is 10.1 Å². The first kappa shape index (κ1) is 13.5. The van der Waals surface area contributed by atoms with Gasteiger partial charge in [-0.1, -0.05) is 18.0 Å². The van der Waals surface area contributed by atoms with Crippen LogP contribution in [0.4, 0.5) is 0 Å². The molecule has 1 amide bonds. The molecule has 0 N–H and O–H groups in total. The summed E-state index contributed by atoms with van der Waals surface area (Å²) in [4.78, 5) is 19.1. The first-order chi connectivity index (χ1) is 10.8. The van der Waals surface area contributed by atoms with E-state index in [4.69, 9.17) is 8.94 Å². The van der Waals surface area contributed by atoms with Crippen LogP contribution in [0.1, 0.15) is 72.4 Å². The van der Waals surface area contributed by atoms with E-state index in [0.717, 1.165) is 50.8 Å². The zero-order valence-corrected chi connectivity index (χ0v) is 12.4. The van der Waals surface area contributed by atoms with Gasteiger partial charge in [-0.05, 0) is 31.7 Å². The molecule has 2 aliphatic rings. The molecule has 3 heterocycles. The van der Waals surface area contributed by atoms with Crippen LogP contribution in [-0.4, -0.2) is 27.5 Å². The van der Waals surface area contributed by atoms with Gasteiger partial charge in [0.1, 0.15) is 5.76 Å². The molecule has 1 aliphatic carbocycles. The third-order valence-corrected chi connectivity index (χ3v) is 4.56. The van der Waals surface area contributed by atoms with Gasteiger partial charge in [-0.25, -0.2) is 0 Å². The van der Waals surface area contributed by atoms with E-state index < -0.39 is 0 Å². The van der Waals surface area contributed by atoms with Crippen molar-refractivity contribution in [2.75, 3.05) is 6.54 Å². The molecule has 6 heteroatoms. The van der Waals surface area contributed by atoms with E-state index in [1.807, 2.05) is 4.90 Å². The molecule has 0 aromatic carbocycles. The lowest BCUT2D eigenvalue weighted by atomic mass is 10.1. The fraction of sp³-hybridized carbons (Fsp3) is 0.562. The number of nitrogens with zero attached hydrogens (tertiary/aromatic N) is 3. The molecule has 2 aromatic rings. The molecule has 0 bridgehead atoms. The number of likely N-dealkylation sites (tertiary alicyclic amines) is 1. The lowest BCUT2D eigenvalue weighted by Crippen LogP contribution is -2.35. The van der Waals surface area contributed by atoms with Crippen LogP contribution < -0.4 is 0 Å². The van der Waals surface area contributed by atoms with Crippen LogP contribution >= 0.6 is 0 Å². The molecular weight excluding hydrogens is 282 g/mol. The van der Waals surface area contributed by atoms with Crippen molar-refractivity contribution in [3.8, 4) is 0 Å². The number of carbonyl (C=O) groups excluding carboxylic acids is 1. The van der Waals surface area contributed by atoms with E-state index in [9.17, 15) is 4.79 Å². The van der Waals surface area contributed by atoms with Crippen molar-refractivity contribution in [3.05, 3.63) is 35.9 Å². The minimum atomic E-state index is -0.101. The zero-order chi connectivity index (χ0) is 14.9. The SMILES string of the molecule is O=C(c1ccoc1C1CC1)N1CCCCC[C@H]1c1ncon1. The number of hydrogen-bond donors (Lipinski definition) is 0. The standard InChI is InChI=1S/C16H19N3O3/c20-16(12-7-9-21-14(12)11-5-6-11)19-8-3-1-2-4-13(19)15-17-10-22-18-15/h7,9-11,13H,1-6,8H2/t13-/m0/s1. The molecule has 6 nitrogen and oxygen atoms in total. The Morgan fingerprint density at radius 3 is 2.91 bits per heavy atom. The average molecular weight is 301 g/mol. The van der Waals surface area contributed by atoms with Gasteiger partial charge in [0.2, 0.25) is 6.39 Å². The number of amides is 1. The van der Waals surface area contributed by atoms with Crippen molar-refractivity contribution in [3.63, 3.8) is 0 Å². The van der Waals surface area contributed by atoms with E-state index in [1.54, 1.807) is 12.3 Å². The number of furan rings is 1. The van der Waals surface area contributed by atoms with Crippen molar-refractivity contribution < 1.29 is 13.7 Å². The Morgan fingerprint density at radius 2 is 2.14 bits per heavy atom. The second-order valence-corrected chi connectivity index (χ2v) is 6.13. The fourth-order valence-corrected chi connectivity index (χ4v) is 3.26. The van der Waals surface area contributed by atoms with Crippen LogP contribution in [0.15, 0.2) is 27.7 Å². The Balaban J connectivity index is 1.65. The van der Waals surface area contributed by atoms with Gasteiger partial charge in [0.15, 0.2) is 5.82 Å². The number of carbonyl (C=O) groups is 1. The molecule has 22 heavy (non-hydrogen) atoms. The van der Waals surface area contributed by atoms with Crippen LogP contribution in [0.3, 0.4) is 0 Å². The van der Waals surface area contributed by atoms with Crippen LogP contribution in [-0.2, 0) is 0 Å². The highest BCUT2D eigenvalue weighted by Crippen LogP contribution is 2.43. The summed E-state index contributed by atoms with van der Waals surface area (Å²) < 4.78 is 10.4. The average Bonchev–Trinajstić information content (AvgIpc) is 3.10. The second kappa shape index (κ2) is 5.59. The monoisotopic (exact) mass is 301 g/mol. The summed E-state index contributed by atoms with van der Waals surface area (Å²) in [6.45, 7) is 0.729. The van der Waals surface area contributed by atoms with Gasteiger partial charge >= 0.3 is 0 Å². The van der Waals surface area contributed by atoms with Crippen LogP contribution in [0.25, 0.3) is 0 Å². The maximum atomic E-state index is 13.1. The molecule has 0 unspecified atom stereocenters. The van der Waals surface area contributed by atoms with Gasteiger partial charge in [-0.2, -0.15) is 4.98 Å². The highest BCUT2D eigenvalue weighted by Gasteiger charge is 2.36. The molecule has 1 aliphatic heterocycles. The lowest BCUT2D eigenvalue weighted by molar-refractivity contribution is 0.0668. The zero-order valence-electron chi connectivity index (χ0n) is 12.4. The van der Waals surface area contributed by atoms with E-state index in [-0.39, 0.29) is 11.9 Å². The van der Waals surface area contributed by atoms with E-state index in [1.165, 1.54) is 6.39 Å². The number of hydrogen-bond acceptors (Lipinski definition) is 5. The van der Waals surface area contributed by atoms with Gasteiger partial charge in [0.05, 0.1) is 17.9 Å². The van der Waals surface area contributed by atoms with Gasteiger partial charge in [-0.15, -0.1) is 0 Å². The Kier molecular flexibility index (Phi) is 3.44. The summed E-state index contributed by atoms with van der Waals surface area (Å²) in [5, 5.41) is 3.96. The van der Waals surface area contributed by atoms with Crippen molar-refractivity contribution in [1.82, 2.24) is 15.0 Å². The molecule has 2 fully saturated rings. The highest BCUT2D eigenvalue weighted by molar-refractivity contribution is 5.95. The Bertz CT molecular complexity index is 645. The minimum absolute atomic E-state index is 0.0346. The molecule has 4 rings (SSSR count). The molecule has 2 aromatic heterocycles. The number of rotatable bonds is 3. The molecule has 1 atom stereocenters. The largest absolute Gasteiger partial charge is 0.468 e. The summed E-state index contributed by atoms with van der Waals surface area (Å²) in [5.74, 6) is 1.91. The summed E-state index contributed by atoms with van der Waals surface area (Å²) in [5.41, 5.74) is 0.706. The summed E-state index contributed by atoms with van der Waals surface area (Å²) in [6, 6.07) is 1.70. The van der Waals surface area contributed by atoms with Crippen molar-refractivity contribution in [2.45, 2.75) is 50.5 Å². The maximum absolute atomic E-state index is 13.1. The second-order valence-electron chi connectivity index (χ2n) is 6.13. The fourth-order valence-electron chi connectivity index (χ4n) is 3.26. The van der Waals surface area contributed by atoms with Crippen molar-refractivity contribution in [1.29, 1.82) is 0 Å². The maximum Gasteiger partial charge on any atom is 0.258 e. The van der Waals surface area contributed by atoms with Crippen LogP contribution in [0.5, 0.6) is 0 Å². The van der Waals surface area contributed by atoms with E-state index >= 15 is 0 Å². The first-order valence-corrected chi connectivity index (χ1v) is 7.99. The molecule has 0 spiro atoms. The van der Waals surface area contributed by atoms with Crippen molar-refractivity contribution >= 4 is 5.91 Å². The summed E-state index contributed by atoms with van der Waals surface area (Å²) in [6.07, 6.45) is 9.27. The topological polar surface area (TPSA) is 72.4 Å². The third-order valence-electron chi connectivity index (χ3n) is 4.56. The van der Waals surface area contributed by atoms with Gasteiger partial charge in [0, 0.05) is 12.5 Å². The quantitative estimate of drug-likeness (QED) is 0.869. The Morgan fingerprint density at radius 1 is 1.23 bits per heavy atom. The summed E-state index contributed by atoms with van der Waals surface area (Å²) in [7, 11) is 0. The van der Waals surface area contributed by atoms with Gasteiger partial charge < -0.3 is 13.8 Å². The normalized spacial score (nSPS) is 22.5. The molecule has 116 valence electrons. The third kappa shape index (κ3) is 2.42. The molecule has 1 saturated heterocycles. The van der Waals surface area contributed by atoms with Crippen molar-refractivity contribution in [2.24, 2.45) is 0 Å². The predicted molar refractivity (Wildman–Crippen MR) is 77.2 cm³/mol. The summed E-state index contributed by atoms with van der Waals surface area (Å²) >= 11 is 0. The minimum Gasteiger partial charge on any atom is -0.468 e. The van der Waals surface area contributed by atoms with Gasteiger partial charge in [0.25, 0.3) is 5.91 Å². The van der Waals surface area contributed by atoms with Crippen LogP contribution in [0.2, 0.25) is 0 Å². The van der Waals surface area contributed by atoms with E-state index in [0.29, 0.717) is 17.3 Å². The van der Waals surface area contributed by atoms with Crippen LogP contribution in [0, 0.1) is 0 Å². The lowest BCUT2D eigenvalue weighted by Gasteiger charge is -2.27. The Hall–Kier alpha value is -2.11. The number of aromatic nitrogens is 2. The smallest absolute Gasteiger partial charge is 0.258 e. The molecule has 0 radical (unpaired) electrons. The Labute approximate surface area is 128 Å².